The second-order valence-electron chi connectivity index (χ2n) is 8.05. The van der Waals surface area contributed by atoms with Crippen molar-refractivity contribution in [3.8, 4) is 0 Å². The Labute approximate surface area is 128 Å². The molecule has 0 unspecified atom stereocenters. The van der Waals surface area contributed by atoms with Crippen LogP contribution in [0.5, 0.6) is 0 Å². The first kappa shape index (κ1) is 15.9. The number of hydrogen-bond acceptors (Lipinski definition) is 2. The van der Waals surface area contributed by atoms with Crippen molar-refractivity contribution >= 4 is 11.6 Å². The van der Waals surface area contributed by atoms with Gasteiger partial charge in [0, 0.05) is 11.7 Å². The van der Waals surface area contributed by atoms with E-state index in [0.717, 1.165) is 24.1 Å². The molecule has 1 aliphatic carbocycles. The lowest BCUT2D eigenvalue weighted by atomic mass is 9.63. The minimum Gasteiger partial charge on any atom is -0.382 e. The summed E-state index contributed by atoms with van der Waals surface area (Å²) in [6.45, 7) is 9.38. The Balaban J connectivity index is 2.16. The molecule has 1 fully saturated rings. The van der Waals surface area contributed by atoms with Crippen LogP contribution in [0, 0.1) is 10.8 Å². The Kier molecular flexibility index (Phi) is 4.31. The first-order valence-electron chi connectivity index (χ1n) is 7.80. The molecule has 0 bridgehead atoms. The van der Waals surface area contributed by atoms with Crippen LogP contribution < -0.4 is 11.1 Å². The van der Waals surface area contributed by atoms with Gasteiger partial charge < -0.3 is 11.1 Å². The Bertz CT molecular complexity index is 504. The average molecular weight is 288 g/mol. The Morgan fingerprint density at radius 2 is 1.76 bits per heavy atom. The molecule has 0 radical (unpaired) electrons. The molecule has 0 spiro atoms. The Morgan fingerprint density at radius 1 is 1.19 bits per heavy atom. The highest BCUT2D eigenvalue weighted by Crippen LogP contribution is 2.46. The maximum absolute atomic E-state index is 11.2. The van der Waals surface area contributed by atoms with Gasteiger partial charge in [0.15, 0.2) is 0 Å². The number of rotatable bonds is 4. The van der Waals surface area contributed by atoms with Crippen molar-refractivity contribution in [2.75, 3.05) is 5.32 Å². The first-order chi connectivity index (χ1) is 9.67. The number of hydrogen-bond donors (Lipinski definition) is 2. The maximum Gasteiger partial charge on any atom is 0.221 e. The third kappa shape index (κ3) is 4.48. The van der Waals surface area contributed by atoms with Gasteiger partial charge in [-0.15, -0.1) is 0 Å². The predicted molar refractivity (Wildman–Crippen MR) is 88.2 cm³/mol. The van der Waals surface area contributed by atoms with Gasteiger partial charge in [-0.05, 0) is 41.7 Å². The third-order valence-corrected chi connectivity index (χ3v) is 4.30. The number of nitrogens with one attached hydrogen (secondary N) is 1. The standard InChI is InChI=1S/C18H28N2O/c1-17(2)10-14(11-18(3,4)12-17)20-15-8-6-5-7-13(15)9-16(19)21/h5-8,14,20H,9-12H2,1-4H3,(H2,19,21). The van der Waals surface area contributed by atoms with Crippen LogP contribution in [0.25, 0.3) is 0 Å². The molecule has 2 rings (SSSR count). The smallest absolute Gasteiger partial charge is 0.221 e. The van der Waals surface area contributed by atoms with Gasteiger partial charge in [0.25, 0.3) is 0 Å². The van der Waals surface area contributed by atoms with Gasteiger partial charge in [-0.1, -0.05) is 45.9 Å². The number of carbonyl (C=O) groups excluding carboxylic acids is 1. The fourth-order valence-corrected chi connectivity index (χ4v) is 4.17. The quantitative estimate of drug-likeness (QED) is 0.887. The van der Waals surface area contributed by atoms with Crippen LogP contribution in [0.1, 0.15) is 52.5 Å². The van der Waals surface area contributed by atoms with Gasteiger partial charge >= 0.3 is 0 Å². The van der Waals surface area contributed by atoms with Crippen LogP contribution in [0.2, 0.25) is 0 Å². The number of benzene rings is 1. The zero-order valence-corrected chi connectivity index (χ0v) is 13.7. The fourth-order valence-electron chi connectivity index (χ4n) is 4.17. The lowest BCUT2D eigenvalue weighted by molar-refractivity contribution is -0.117. The van der Waals surface area contributed by atoms with Crippen molar-refractivity contribution in [2.45, 2.75) is 59.4 Å². The summed E-state index contributed by atoms with van der Waals surface area (Å²) < 4.78 is 0. The van der Waals surface area contributed by atoms with Crippen molar-refractivity contribution < 1.29 is 4.79 Å². The molecular formula is C18H28N2O. The molecule has 116 valence electrons. The largest absolute Gasteiger partial charge is 0.382 e. The molecule has 3 N–H and O–H groups in total. The highest BCUT2D eigenvalue weighted by Gasteiger charge is 2.38. The van der Waals surface area contributed by atoms with E-state index in [0.29, 0.717) is 23.3 Å². The topological polar surface area (TPSA) is 55.1 Å². The molecule has 1 aromatic rings. The van der Waals surface area contributed by atoms with Crippen LogP contribution in [-0.4, -0.2) is 11.9 Å². The second kappa shape index (κ2) is 5.70. The second-order valence-corrected chi connectivity index (χ2v) is 8.05. The molecule has 3 heteroatoms. The van der Waals surface area contributed by atoms with Crippen LogP contribution in [0.15, 0.2) is 24.3 Å². The minimum absolute atomic E-state index is 0.284. The molecule has 0 aliphatic heterocycles. The molecule has 3 nitrogen and oxygen atoms in total. The summed E-state index contributed by atoms with van der Waals surface area (Å²) in [6, 6.07) is 8.43. The lowest BCUT2D eigenvalue weighted by Crippen LogP contribution is -2.40. The highest BCUT2D eigenvalue weighted by molar-refractivity contribution is 5.78. The first-order valence-corrected chi connectivity index (χ1v) is 7.80. The van der Waals surface area contributed by atoms with E-state index in [1.807, 2.05) is 24.3 Å². The van der Waals surface area contributed by atoms with Crippen molar-refractivity contribution in [1.82, 2.24) is 0 Å². The Morgan fingerprint density at radius 3 is 2.33 bits per heavy atom. The summed E-state index contributed by atoms with van der Waals surface area (Å²) >= 11 is 0. The van der Waals surface area contributed by atoms with Gasteiger partial charge in [0.05, 0.1) is 6.42 Å². The molecule has 0 saturated heterocycles. The molecule has 1 aromatic carbocycles. The van der Waals surface area contributed by atoms with E-state index >= 15 is 0 Å². The predicted octanol–water partition coefficient (Wildman–Crippen LogP) is 3.73. The van der Waals surface area contributed by atoms with Crippen molar-refractivity contribution in [2.24, 2.45) is 16.6 Å². The van der Waals surface area contributed by atoms with E-state index in [9.17, 15) is 4.79 Å². The van der Waals surface area contributed by atoms with Gasteiger partial charge in [0.1, 0.15) is 0 Å². The molecule has 21 heavy (non-hydrogen) atoms. The van der Waals surface area contributed by atoms with Crippen LogP contribution >= 0.6 is 0 Å². The zero-order chi connectivity index (χ0) is 15.7. The maximum atomic E-state index is 11.2. The zero-order valence-electron chi connectivity index (χ0n) is 13.7. The Hall–Kier alpha value is -1.51. The van der Waals surface area contributed by atoms with Gasteiger partial charge in [-0.25, -0.2) is 0 Å². The molecule has 0 heterocycles. The van der Waals surface area contributed by atoms with Gasteiger partial charge in [0.2, 0.25) is 5.91 Å². The summed E-state index contributed by atoms with van der Waals surface area (Å²) in [7, 11) is 0. The molecule has 1 saturated carbocycles. The molecule has 1 aliphatic rings. The average Bonchev–Trinajstić information content (AvgIpc) is 2.26. The van der Waals surface area contributed by atoms with Crippen molar-refractivity contribution in [3.05, 3.63) is 29.8 Å². The van der Waals surface area contributed by atoms with Gasteiger partial charge in [-0.2, -0.15) is 0 Å². The fraction of sp³-hybridized carbons (Fsp3) is 0.611. The van der Waals surface area contributed by atoms with E-state index in [1.165, 1.54) is 6.42 Å². The SMILES string of the molecule is CC1(C)CC(Nc2ccccc2CC(N)=O)CC(C)(C)C1. The summed E-state index contributed by atoms with van der Waals surface area (Å²) in [5, 5.41) is 3.66. The monoisotopic (exact) mass is 288 g/mol. The van der Waals surface area contributed by atoms with Crippen LogP contribution in [0.4, 0.5) is 5.69 Å². The van der Waals surface area contributed by atoms with E-state index in [1.54, 1.807) is 0 Å². The molecular weight excluding hydrogens is 260 g/mol. The van der Waals surface area contributed by atoms with Crippen LogP contribution in [0.3, 0.4) is 0 Å². The summed E-state index contributed by atoms with van der Waals surface area (Å²) in [5.41, 5.74) is 8.08. The minimum atomic E-state index is -0.284. The number of primary amides is 1. The van der Waals surface area contributed by atoms with Crippen LogP contribution in [-0.2, 0) is 11.2 Å². The highest BCUT2D eigenvalue weighted by atomic mass is 16.1. The summed E-state index contributed by atoms with van der Waals surface area (Å²) in [6.07, 6.45) is 3.85. The normalized spacial score (nSPS) is 21.0. The number of anilines is 1. The van der Waals surface area contributed by atoms with E-state index in [2.05, 4.69) is 33.0 Å². The summed E-state index contributed by atoms with van der Waals surface area (Å²) in [5.74, 6) is -0.284. The van der Waals surface area contributed by atoms with Crippen molar-refractivity contribution in [1.29, 1.82) is 0 Å². The summed E-state index contributed by atoms with van der Waals surface area (Å²) in [4.78, 5) is 11.2. The lowest BCUT2D eigenvalue weighted by Gasteiger charge is -2.45. The van der Waals surface area contributed by atoms with Gasteiger partial charge in [-0.3, -0.25) is 4.79 Å². The molecule has 0 aromatic heterocycles. The van der Waals surface area contributed by atoms with E-state index < -0.39 is 0 Å². The third-order valence-electron chi connectivity index (χ3n) is 4.30. The number of carbonyl (C=O) groups is 1. The molecule has 1 amide bonds. The van der Waals surface area contributed by atoms with E-state index in [-0.39, 0.29) is 5.91 Å². The van der Waals surface area contributed by atoms with E-state index in [4.69, 9.17) is 5.73 Å². The number of amides is 1. The number of nitrogens with two attached hydrogens (primary N) is 1. The molecule has 0 atom stereocenters. The number of para-hydroxylation sites is 1. The van der Waals surface area contributed by atoms with Crippen molar-refractivity contribution in [3.63, 3.8) is 0 Å².